The van der Waals surface area contributed by atoms with Crippen LogP contribution < -0.4 is 0 Å². The number of sulfonamides is 1. The Morgan fingerprint density at radius 2 is 1.68 bits per heavy atom. The molecule has 0 aliphatic carbocycles. The van der Waals surface area contributed by atoms with Crippen LogP contribution in [0.25, 0.3) is 0 Å². The monoisotopic (exact) mass is 278 g/mol. The van der Waals surface area contributed by atoms with Gasteiger partial charge in [0, 0.05) is 13.1 Å². The van der Waals surface area contributed by atoms with Crippen LogP contribution in [-0.4, -0.2) is 25.8 Å². The molecule has 4 nitrogen and oxygen atoms in total. The van der Waals surface area contributed by atoms with Crippen molar-refractivity contribution in [3.8, 4) is 6.07 Å². The van der Waals surface area contributed by atoms with Gasteiger partial charge in [-0.3, -0.25) is 0 Å². The van der Waals surface area contributed by atoms with E-state index in [0.717, 1.165) is 25.7 Å². The highest BCUT2D eigenvalue weighted by Gasteiger charge is 2.24. The summed E-state index contributed by atoms with van der Waals surface area (Å²) in [5, 5.41) is 8.86. The average Bonchev–Trinajstić information content (AvgIpc) is 2.38. The van der Waals surface area contributed by atoms with Crippen LogP contribution in [0, 0.1) is 11.3 Å². The molecule has 0 spiro atoms. The molecule has 1 aliphatic heterocycles. The zero-order valence-corrected chi connectivity index (χ0v) is 11.7. The van der Waals surface area contributed by atoms with Gasteiger partial charge in [0.2, 0.25) is 10.0 Å². The first-order valence-corrected chi connectivity index (χ1v) is 8.09. The highest BCUT2D eigenvalue weighted by atomic mass is 32.2. The van der Waals surface area contributed by atoms with Crippen molar-refractivity contribution in [1.82, 2.24) is 4.31 Å². The van der Waals surface area contributed by atoms with Gasteiger partial charge in [0.05, 0.1) is 16.5 Å². The van der Waals surface area contributed by atoms with E-state index in [0.29, 0.717) is 18.7 Å². The summed E-state index contributed by atoms with van der Waals surface area (Å²) in [5.41, 5.74) is 0.383. The molecule has 0 unspecified atom stereocenters. The van der Waals surface area contributed by atoms with Crippen molar-refractivity contribution in [2.24, 2.45) is 0 Å². The van der Waals surface area contributed by atoms with E-state index in [9.17, 15) is 8.42 Å². The molecule has 1 aliphatic rings. The van der Waals surface area contributed by atoms with Gasteiger partial charge >= 0.3 is 0 Å². The highest BCUT2D eigenvalue weighted by molar-refractivity contribution is 7.89. The molecule has 0 aromatic heterocycles. The zero-order chi connectivity index (χ0) is 13.7. The Morgan fingerprint density at radius 3 is 2.32 bits per heavy atom. The molecule has 5 heteroatoms. The van der Waals surface area contributed by atoms with Crippen LogP contribution in [0.1, 0.15) is 37.7 Å². The summed E-state index contributed by atoms with van der Waals surface area (Å²) in [7, 11) is -3.45. The second-order valence-electron chi connectivity index (χ2n) is 4.81. The Hall–Kier alpha value is -1.38. The van der Waals surface area contributed by atoms with Crippen LogP contribution in [0.5, 0.6) is 0 Å². The predicted molar refractivity (Wildman–Crippen MR) is 73.0 cm³/mol. The summed E-state index contributed by atoms with van der Waals surface area (Å²) < 4.78 is 26.6. The van der Waals surface area contributed by atoms with Crippen LogP contribution in [0.15, 0.2) is 29.2 Å². The van der Waals surface area contributed by atoms with Crippen molar-refractivity contribution in [2.45, 2.75) is 37.0 Å². The lowest BCUT2D eigenvalue weighted by atomic mass is 10.1. The lowest BCUT2D eigenvalue weighted by Crippen LogP contribution is -2.33. The number of rotatable bonds is 2. The van der Waals surface area contributed by atoms with Crippen LogP contribution in [0.4, 0.5) is 0 Å². The van der Waals surface area contributed by atoms with Crippen LogP contribution in [-0.2, 0) is 10.0 Å². The van der Waals surface area contributed by atoms with E-state index in [1.807, 2.05) is 6.07 Å². The maximum atomic E-state index is 12.5. The van der Waals surface area contributed by atoms with Gasteiger partial charge in [0.1, 0.15) is 0 Å². The van der Waals surface area contributed by atoms with E-state index >= 15 is 0 Å². The molecule has 19 heavy (non-hydrogen) atoms. The smallest absolute Gasteiger partial charge is 0.207 e. The topological polar surface area (TPSA) is 61.2 Å². The van der Waals surface area contributed by atoms with Crippen molar-refractivity contribution in [2.75, 3.05) is 13.1 Å². The van der Waals surface area contributed by atoms with Crippen molar-refractivity contribution in [3.05, 3.63) is 29.8 Å². The maximum absolute atomic E-state index is 12.5. The number of hydrogen-bond donors (Lipinski definition) is 0. The molecule has 0 atom stereocenters. The van der Waals surface area contributed by atoms with Gasteiger partial charge < -0.3 is 0 Å². The van der Waals surface area contributed by atoms with Crippen LogP contribution >= 0.6 is 0 Å². The first-order valence-electron chi connectivity index (χ1n) is 6.65. The highest BCUT2D eigenvalue weighted by Crippen LogP contribution is 2.20. The standard InChI is InChI=1S/C14H18N2O2S/c15-12-13-7-6-8-14(11-13)19(17,18)16-9-4-2-1-3-5-10-16/h6-8,11H,1-5,9-10H2. The Bertz CT molecular complexity index is 567. The van der Waals surface area contributed by atoms with Crippen molar-refractivity contribution < 1.29 is 8.42 Å². The molecule has 0 N–H and O–H groups in total. The Morgan fingerprint density at radius 1 is 1.05 bits per heavy atom. The minimum atomic E-state index is -3.45. The molecule has 102 valence electrons. The molecule has 0 amide bonds. The van der Waals surface area contributed by atoms with Gasteiger partial charge in [0.25, 0.3) is 0 Å². The average molecular weight is 278 g/mol. The molecular weight excluding hydrogens is 260 g/mol. The second-order valence-corrected chi connectivity index (χ2v) is 6.75. The van der Waals surface area contributed by atoms with Crippen molar-refractivity contribution in [3.63, 3.8) is 0 Å². The van der Waals surface area contributed by atoms with E-state index in [-0.39, 0.29) is 4.90 Å². The number of benzene rings is 1. The van der Waals surface area contributed by atoms with E-state index < -0.39 is 10.0 Å². The maximum Gasteiger partial charge on any atom is 0.243 e. The molecule has 0 radical (unpaired) electrons. The van der Waals surface area contributed by atoms with Crippen LogP contribution in [0.3, 0.4) is 0 Å². The van der Waals surface area contributed by atoms with E-state index in [1.54, 1.807) is 22.5 Å². The SMILES string of the molecule is N#Cc1cccc(S(=O)(=O)N2CCCCCCC2)c1. The first-order chi connectivity index (χ1) is 9.14. The lowest BCUT2D eigenvalue weighted by Gasteiger charge is -2.24. The lowest BCUT2D eigenvalue weighted by molar-refractivity contribution is 0.364. The van der Waals surface area contributed by atoms with Gasteiger partial charge in [0.15, 0.2) is 0 Å². The molecule has 1 aromatic rings. The molecule has 2 rings (SSSR count). The second kappa shape index (κ2) is 6.18. The van der Waals surface area contributed by atoms with E-state index in [4.69, 9.17) is 5.26 Å². The summed E-state index contributed by atoms with van der Waals surface area (Å²) >= 11 is 0. The summed E-state index contributed by atoms with van der Waals surface area (Å²) in [4.78, 5) is 0.229. The third kappa shape index (κ3) is 3.34. The minimum absolute atomic E-state index is 0.229. The summed E-state index contributed by atoms with van der Waals surface area (Å²) in [5.74, 6) is 0. The fourth-order valence-electron chi connectivity index (χ4n) is 2.33. The third-order valence-electron chi connectivity index (χ3n) is 3.42. The number of nitrogens with zero attached hydrogens (tertiary/aromatic N) is 2. The van der Waals surface area contributed by atoms with Crippen molar-refractivity contribution >= 4 is 10.0 Å². The fraction of sp³-hybridized carbons (Fsp3) is 0.500. The molecule has 0 bridgehead atoms. The number of hydrogen-bond acceptors (Lipinski definition) is 3. The van der Waals surface area contributed by atoms with Gasteiger partial charge in [-0.05, 0) is 31.0 Å². The quantitative estimate of drug-likeness (QED) is 0.835. The Balaban J connectivity index is 2.27. The van der Waals surface area contributed by atoms with E-state index in [2.05, 4.69) is 0 Å². The predicted octanol–water partition coefficient (Wildman–Crippen LogP) is 2.51. The fourth-order valence-corrected chi connectivity index (χ4v) is 3.90. The van der Waals surface area contributed by atoms with Gasteiger partial charge in [-0.2, -0.15) is 9.57 Å². The first kappa shape index (κ1) is 14.0. The molecule has 0 saturated carbocycles. The van der Waals surface area contributed by atoms with E-state index in [1.165, 1.54) is 12.5 Å². The molecule has 1 saturated heterocycles. The summed E-state index contributed by atoms with van der Waals surface area (Å²) in [6.07, 6.45) is 5.20. The zero-order valence-electron chi connectivity index (χ0n) is 10.9. The summed E-state index contributed by atoms with van der Waals surface area (Å²) in [6, 6.07) is 8.24. The largest absolute Gasteiger partial charge is 0.243 e. The molecule has 1 heterocycles. The van der Waals surface area contributed by atoms with Gasteiger partial charge in [-0.1, -0.05) is 25.3 Å². The number of nitriles is 1. The Labute approximate surface area is 114 Å². The summed E-state index contributed by atoms with van der Waals surface area (Å²) in [6.45, 7) is 1.16. The van der Waals surface area contributed by atoms with Crippen molar-refractivity contribution in [1.29, 1.82) is 5.26 Å². The Kier molecular flexibility index (Phi) is 4.56. The minimum Gasteiger partial charge on any atom is -0.207 e. The molecular formula is C14H18N2O2S. The molecule has 1 fully saturated rings. The van der Waals surface area contributed by atoms with Gasteiger partial charge in [-0.15, -0.1) is 0 Å². The van der Waals surface area contributed by atoms with Gasteiger partial charge in [-0.25, -0.2) is 8.42 Å². The third-order valence-corrected chi connectivity index (χ3v) is 5.31. The normalized spacial score (nSPS) is 18.3. The molecule has 1 aromatic carbocycles. The van der Waals surface area contributed by atoms with Crippen LogP contribution in [0.2, 0.25) is 0 Å².